The fourth-order valence-corrected chi connectivity index (χ4v) is 5.09. The number of aromatic nitrogens is 2. The van der Waals surface area contributed by atoms with Crippen LogP contribution in [-0.4, -0.2) is 9.97 Å². The molecular formula is C21H17ClN2O2S. The molecule has 0 spiro atoms. The van der Waals surface area contributed by atoms with E-state index in [0.717, 1.165) is 40.6 Å². The second kappa shape index (κ2) is 6.36. The first kappa shape index (κ1) is 16.8. The van der Waals surface area contributed by atoms with Gasteiger partial charge in [0.25, 0.3) is 5.56 Å². The van der Waals surface area contributed by atoms with Crippen molar-refractivity contribution in [1.82, 2.24) is 9.97 Å². The number of fused-ring (bicyclic) bond motifs is 3. The highest BCUT2D eigenvalue weighted by Crippen LogP contribution is 2.35. The fourth-order valence-electron chi connectivity index (χ4n) is 3.65. The van der Waals surface area contributed by atoms with Crippen LogP contribution in [0.1, 0.15) is 28.8 Å². The SMILES string of the molecule is Cc1ccc(-c2ccc(-c3nc4sc5c(c4c(=O)[nH]3)CCCC5)o2)cc1Cl. The quantitative estimate of drug-likeness (QED) is 0.469. The molecule has 0 bridgehead atoms. The van der Waals surface area contributed by atoms with E-state index in [-0.39, 0.29) is 5.56 Å². The molecule has 1 aliphatic rings. The Kier molecular flexibility index (Phi) is 3.95. The molecule has 0 radical (unpaired) electrons. The van der Waals surface area contributed by atoms with E-state index in [1.54, 1.807) is 11.3 Å². The van der Waals surface area contributed by atoms with E-state index >= 15 is 0 Å². The molecular weight excluding hydrogens is 380 g/mol. The van der Waals surface area contributed by atoms with Gasteiger partial charge in [-0.2, -0.15) is 0 Å². The van der Waals surface area contributed by atoms with Gasteiger partial charge in [-0.15, -0.1) is 11.3 Å². The van der Waals surface area contributed by atoms with Crippen molar-refractivity contribution in [3.63, 3.8) is 0 Å². The van der Waals surface area contributed by atoms with Crippen LogP contribution < -0.4 is 5.56 Å². The number of nitrogens with one attached hydrogen (secondary N) is 1. The molecule has 1 aliphatic carbocycles. The van der Waals surface area contributed by atoms with Gasteiger partial charge in [0.1, 0.15) is 10.6 Å². The number of hydrogen-bond acceptors (Lipinski definition) is 4. The van der Waals surface area contributed by atoms with E-state index in [1.807, 2.05) is 37.3 Å². The van der Waals surface area contributed by atoms with Crippen molar-refractivity contribution in [3.8, 4) is 22.9 Å². The van der Waals surface area contributed by atoms with Crippen LogP contribution in [0.5, 0.6) is 0 Å². The van der Waals surface area contributed by atoms with Crippen molar-refractivity contribution in [1.29, 1.82) is 0 Å². The van der Waals surface area contributed by atoms with Crippen molar-refractivity contribution in [3.05, 3.63) is 61.7 Å². The predicted molar refractivity (Wildman–Crippen MR) is 110 cm³/mol. The zero-order chi connectivity index (χ0) is 18.5. The fraction of sp³-hybridized carbons (Fsp3) is 0.238. The Balaban J connectivity index is 1.59. The number of nitrogens with zero attached hydrogens (tertiary/aromatic N) is 1. The van der Waals surface area contributed by atoms with Gasteiger partial charge in [-0.05, 0) is 61.9 Å². The van der Waals surface area contributed by atoms with Gasteiger partial charge in [0.15, 0.2) is 11.6 Å². The molecule has 0 amide bonds. The number of thiophene rings is 1. The molecule has 4 aromatic rings. The first-order valence-electron chi connectivity index (χ1n) is 9.01. The molecule has 0 unspecified atom stereocenters. The molecule has 136 valence electrons. The lowest BCUT2D eigenvalue weighted by atomic mass is 9.97. The Labute approximate surface area is 164 Å². The maximum absolute atomic E-state index is 12.7. The zero-order valence-electron chi connectivity index (χ0n) is 14.8. The van der Waals surface area contributed by atoms with Crippen LogP contribution in [-0.2, 0) is 12.8 Å². The number of furan rings is 1. The summed E-state index contributed by atoms with van der Waals surface area (Å²) < 4.78 is 5.97. The minimum Gasteiger partial charge on any atom is -0.453 e. The number of aromatic amines is 1. The van der Waals surface area contributed by atoms with E-state index in [2.05, 4.69) is 4.98 Å². The standard InChI is InChI=1S/C21H17ClN2O2S/c1-11-6-7-12(10-14(11)22)15-8-9-16(26-15)19-23-20(25)18-13-4-2-3-5-17(13)27-21(18)24-19/h6-10H,2-5H2,1H3,(H,23,24,25). The summed E-state index contributed by atoms with van der Waals surface area (Å²) in [7, 11) is 0. The van der Waals surface area contributed by atoms with Crippen molar-refractivity contribution < 1.29 is 4.42 Å². The summed E-state index contributed by atoms with van der Waals surface area (Å²) in [6, 6.07) is 9.52. The summed E-state index contributed by atoms with van der Waals surface area (Å²) in [5.74, 6) is 1.71. The number of benzene rings is 1. The van der Waals surface area contributed by atoms with Gasteiger partial charge in [-0.3, -0.25) is 4.79 Å². The smallest absolute Gasteiger partial charge is 0.260 e. The molecule has 4 nitrogen and oxygen atoms in total. The van der Waals surface area contributed by atoms with Crippen LogP contribution in [0.3, 0.4) is 0 Å². The molecule has 3 heterocycles. The minimum absolute atomic E-state index is 0.0780. The van der Waals surface area contributed by atoms with Crippen LogP contribution in [0.4, 0.5) is 0 Å². The second-order valence-corrected chi connectivity index (χ2v) is 8.42. The summed E-state index contributed by atoms with van der Waals surface area (Å²) in [4.78, 5) is 22.4. The lowest BCUT2D eigenvalue weighted by Crippen LogP contribution is -2.11. The number of hydrogen-bond donors (Lipinski definition) is 1. The highest BCUT2D eigenvalue weighted by molar-refractivity contribution is 7.18. The van der Waals surface area contributed by atoms with Crippen LogP contribution in [0.15, 0.2) is 39.5 Å². The minimum atomic E-state index is -0.0780. The maximum Gasteiger partial charge on any atom is 0.260 e. The molecule has 5 rings (SSSR count). The van der Waals surface area contributed by atoms with Crippen molar-refractivity contribution in [2.24, 2.45) is 0 Å². The van der Waals surface area contributed by atoms with Gasteiger partial charge in [0, 0.05) is 15.5 Å². The normalized spacial score (nSPS) is 13.9. The molecule has 0 aliphatic heterocycles. The number of H-pyrrole nitrogens is 1. The molecule has 0 saturated heterocycles. The van der Waals surface area contributed by atoms with Crippen molar-refractivity contribution in [2.45, 2.75) is 32.6 Å². The van der Waals surface area contributed by atoms with E-state index in [9.17, 15) is 4.79 Å². The van der Waals surface area contributed by atoms with Gasteiger partial charge in [-0.25, -0.2) is 4.98 Å². The van der Waals surface area contributed by atoms with Gasteiger partial charge in [0.05, 0.1) is 5.39 Å². The summed E-state index contributed by atoms with van der Waals surface area (Å²) in [5, 5.41) is 1.46. The first-order chi connectivity index (χ1) is 13.1. The maximum atomic E-state index is 12.7. The highest BCUT2D eigenvalue weighted by atomic mass is 35.5. The molecule has 0 atom stereocenters. The lowest BCUT2D eigenvalue weighted by Gasteiger charge is -2.09. The van der Waals surface area contributed by atoms with E-state index in [4.69, 9.17) is 21.0 Å². The average Bonchev–Trinajstić information content (AvgIpc) is 3.28. The Hall–Kier alpha value is -2.37. The number of halogens is 1. The summed E-state index contributed by atoms with van der Waals surface area (Å²) in [6.45, 7) is 1.96. The molecule has 6 heteroatoms. The largest absolute Gasteiger partial charge is 0.453 e. The Morgan fingerprint density at radius 1 is 1.15 bits per heavy atom. The molecule has 0 saturated carbocycles. The third kappa shape index (κ3) is 2.82. The average molecular weight is 397 g/mol. The topological polar surface area (TPSA) is 58.9 Å². The van der Waals surface area contributed by atoms with Crippen LogP contribution in [0.25, 0.3) is 33.1 Å². The van der Waals surface area contributed by atoms with Crippen molar-refractivity contribution in [2.75, 3.05) is 0 Å². The van der Waals surface area contributed by atoms with Gasteiger partial charge < -0.3 is 9.40 Å². The Morgan fingerprint density at radius 3 is 2.81 bits per heavy atom. The van der Waals surface area contributed by atoms with Crippen molar-refractivity contribution >= 4 is 33.2 Å². The van der Waals surface area contributed by atoms with Gasteiger partial charge in [0.2, 0.25) is 0 Å². The summed E-state index contributed by atoms with van der Waals surface area (Å²) in [6.07, 6.45) is 4.34. The Bertz CT molecular complexity index is 1230. The Morgan fingerprint density at radius 2 is 1.96 bits per heavy atom. The third-order valence-corrected chi connectivity index (χ3v) is 6.71. The molecule has 1 N–H and O–H groups in total. The highest BCUT2D eigenvalue weighted by Gasteiger charge is 2.20. The van der Waals surface area contributed by atoms with Gasteiger partial charge in [-0.1, -0.05) is 23.7 Å². The molecule has 0 fully saturated rings. The zero-order valence-corrected chi connectivity index (χ0v) is 16.3. The van der Waals surface area contributed by atoms with Crippen LogP contribution in [0, 0.1) is 6.92 Å². The number of rotatable bonds is 2. The molecule has 3 aromatic heterocycles. The summed E-state index contributed by atoms with van der Waals surface area (Å²) >= 11 is 7.86. The van der Waals surface area contributed by atoms with Crippen LogP contribution in [0.2, 0.25) is 5.02 Å². The lowest BCUT2D eigenvalue weighted by molar-refractivity contribution is 0.592. The van der Waals surface area contributed by atoms with Crippen LogP contribution >= 0.6 is 22.9 Å². The molecule has 1 aromatic carbocycles. The van der Waals surface area contributed by atoms with E-state index < -0.39 is 0 Å². The molecule has 27 heavy (non-hydrogen) atoms. The van der Waals surface area contributed by atoms with Gasteiger partial charge >= 0.3 is 0 Å². The monoisotopic (exact) mass is 396 g/mol. The number of aryl methyl sites for hydroxylation is 3. The second-order valence-electron chi connectivity index (χ2n) is 6.93. The third-order valence-electron chi connectivity index (χ3n) is 5.12. The summed E-state index contributed by atoms with van der Waals surface area (Å²) in [5.41, 5.74) is 3.03. The first-order valence-corrected chi connectivity index (χ1v) is 10.2. The van der Waals surface area contributed by atoms with E-state index in [1.165, 1.54) is 16.9 Å². The van der Waals surface area contributed by atoms with E-state index in [0.29, 0.717) is 22.4 Å². The predicted octanol–water partition coefficient (Wildman–Crippen LogP) is 5.75.